The van der Waals surface area contributed by atoms with Gasteiger partial charge in [-0.25, -0.2) is 0 Å². The molecule has 0 unspecified atom stereocenters. The van der Waals surface area contributed by atoms with Gasteiger partial charge in [0, 0.05) is 22.0 Å². The summed E-state index contributed by atoms with van der Waals surface area (Å²) in [5, 5.41) is 0.954. The molecular weight excluding hydrogens is 406 g/mol. The first kappa shape index (κ1) is 17.6. The van der Waals surface area contributed by atoms with Crippen molar-refractivity contribution in [3.05, 3.63) is 94.5 Å². The maximum Gasteiger partial charge on any atom is 0.227 e. The summed E-state index contributed by atoms with van der Waals surface area (Å²) in [6.45, 7) is 0.958. The molecule has 0 saturated carbocycles. The predicted octanol–water partition coefficient (Wildman–Crippen LogP) is 5.56. The number of fused-ring (bicyclic) bond motifs is 1. The zero-order valence-corrected chi connectivity index (χ0v) is 16.2. The van der Waals surface area contributed by atoms with Crippen LogP contribution in [0.25, 0.3) is 11.0 Å². The molecule has 5 heteroatoms. The molecule has 136 valence electrons. The Morgan fingerprint density at radius 2 is 1.81 bits per heavy atom. The van der Waals surface area contributed by atoms with Crippen LogP contribution in [-0.2, 0) is 24.3 Å². The summed E-state index contributed by atoms with van der Waals surface area (Å²) in [5.41, 5.74) is 2.74. The summed E-state index contributed by atoms with van der Waals surface area (Å²) in [4.78, 5) is 14.9. The van der Waals surface area contributed by atoms with Crippen molar-refractivity contribution < 1.29 is 13.6 Å². The lowest BCUT2D eigenvalue weighted by Gasteiger charge is -2.22. The Kier molecular flexibility index (Phi) is 5.12. The normalized spacial score (nSPS) is 11.0. The van der Waals surface area contributed by atoms with Gasteiger partial charge in [0.15, 0.2) is 0 Å². The van der Waals surface area contributed by atoms with Gasteiger partial charge < -0.3 is 13.7 Å². The van der Waals surface area contributed by atoms with Crippen molar-refractivity contribution in [3.8, 4) is 0 Å². The third-order valence-corrected chi connectivity index (χ3v) is 4.95. The highest BCUT2D eigenvalue weighted by atomic mass is 79.9. The number of halogens is 1. The van der Waals surface area contributed by atoms with Crippen LogP contribution in [0.1, 0.15) is 16.9 Å². The van der Waals surface area contributed by atoms with Crippen LogP contribution in [0.5, 0.6) is 0 Å². The molecule has 0 radical (unpaired) electrons. The van der Waals surface area contributed by atoms with Crippen LogP contribution in [0, 0.1) is 0 Å². The molecule has 1 amide bonds. The SMILES string of the molecule is O=C(Cc1coc2ccc(Br)cc12)N(Cc1ccccc1)Cc1ccco1. The van der Waals surface area contributed by atoms with Crippen LogP contribution >= 0.6 is 15.9 Å². The van der Waals surface area contributed by atoms with E-state index < -0.39 is 0 Å². The Labute approximate surface area is 165 Å². The second-order valence-electron chi connectivity index (χ2n) is 6.39. The van der Waals surface area contributed by atoms with Gasteiger partial charge in [0.1, 0.15) is 11.3 Å². The highest BCUT2D eigenvalue weighted by molar-refractivity contribution is 9.10. The Balaban J connectivity index is 1.58. The minimum absolute atomic E-state index is 0.0259. The molecule has 0 atom stereocenters. The van der Waals surface area contributed by atoms with E-state index >= 15 is 0 Å². The van der Waals surface area contributed by atoms with Crippen LogP contribution in [0.2, 0.25) is 0 Å². The maximum absolute atomic E-state index is 13.1. The molecule has 2 heterocycles. The molecule has 0 fully saturated rings. The minimum Gasteiger partial charge on any atom is -0.467 e. The number of carbonyl (C=O) groups excluding carboxylic acids is 1. The third-order valence-electron chi connectivity index (χ3n) is 4.45. The third kappa shape index (κ3) is 4.14. The smallest absolute Gasteiger partial charge is 0.227 e. The van der Waals surface area contributed by atoms with Crippen molar-refractivity contribution in [3.63, 3.8) is 0 Å². The fourth-order valence-electron chi connectivity index (χ4n) is 3.09. The summed E-state index contributed by atoms with van der Waals surface area (Å²) in [5.74, 6) is 0.789. The van der Waals surface area contributed by atoms with E-state index in [1.165, 1.54) is 0 Å². The van der Waals surface area contributed by atoms with E-state index in [9.17, 15) is 4.79 Å². The molecule has 0 saturated heterocycles. The zero-order valence-electron chi connectivity index (χ0n) is 14.6. The van der Waals surface area contributed by atoms with Crippen molar-refractivity contribution >= 4 is 32.8 Å². The lowest BCUT2D eigenvalue weighted by molar-refractivity contribution is -0.132. The number of carbonyl (C=O) groups is 1. The topological polar surface area (TPSA) is 46.6 Å². The molecule has 27 heavy (non-hydrogen) atoms. The Hall–Kier alpha value is -2.79. The monoisotopic (exact) mass is 423 g/mol. The van der Waals surface area contributed by atoms with E-state index in [2.05, 4.69) is 15.9 Å². The van der Waals surface area contributed by atoms with Gasteiger partial charge in [-0.3, -0.25) is 4.79 Å². The average molecular weight is 424 g/mol. The highest BCUT2D eigenvalue weighted by Crippen LogP contribution is 2.26. The van der Waals surface area contributed by atoms with Gasteiger partial charge in [0.2, 0.25) is 5.91 Å². The fourth-order valence-corrected chi connectivity index (χ4v) is 3.45. The first-order chi connectivity index (χ1) is 13.2. The molecule has 2 aromatic heterocycles. The molecule has 0 aliphatic heterocycles. The van der Waals surface area contributed by atoms with Crippen LogP contribution in [0.4, 0.5) is 0 Å². The summed E-state index contributed by atoms with van der Waals surface area (Å²) in [7, 11) is 0. The van der Waals surface area contributed by atoms with E-state index in [1.54, 1.807) is 12.5 Å². The van der Waals surface area contributed by atoms with E-state index in [0.29, 0.717) is 13.1 Å². The molecule has 4 nitrogen and oxygen atoms in total. The predicted molar refractivity (Wildman–Crippen MR) is 107 cm³/mol. The molecular formula is C22H18BrNO3. The van der Waals surface area contributed by atoms with Crippen molar-refractivity contribution in [2.45, 2.75) is 19.5 Å². The highest BCUT2D eigenvalue weighted by Gasteiger charge is 2.19. The summed E-state index contributed by atoms with van der Waals surface area (Å²) in [6.07, 6.45) is 3.57. The largest absolute Gasteiger partial charge is 0.467 e. The van der Waals surface area contributed by atoms with Crippen LogP contribution in [-0.4, -0.2) is 10.8 Å². The molecule has 0 spiro atoms. The van der Waals surface area contributed by atoms with Crippen molar-refractivity contribution in [2.75, 3.05) is 0 Å². The Morgan fingerprint density at radius 1 is 0.963 bits per heavy atom. The van der Waals surface area contributed by atoms with Gasteiger partial charge in [-0.15, -0.1) is 0 Å². The van der Waals surface area contributed by atoms with Crippen LogP contribution in [0.15, 0.2) is 86.5 Å². The number of rotatable bonds is 6. The summed E-state index contributed by atoms with van der Waals surface area (Å²) >= 11 is 3.48. The molecule has 0 bridgehead atoms. The molecule has 0 N–H and O–H groups in total. The summed E-state index contributed by atoms with van der Waals surface area (Å²) < 4.78 is 12.0. The molecule has 4 rings (SSSR count). The molecule has 0 aliphatic carbocycles. The number of hydrogen-bond acceptors (Lipinski definition) is 3. The number of amides is 1. The van der Waals surface area contributed by atoms with Gasteiger partial charge >= 0.3 is 0 Å². The van der Waals surface area contributed by atoms with Gasteiger partial charge in [0.25, 0.3) is 0 Å². The minimum atomic E-state index is 0.0259. The fraction of sp³-hybridized carbons (Fsp3) is 0.136. The second-order valence-corrected chi connectivity index (χ2v) is 7.31. The van der Waals surface area contributed by atoms with Gasteiger partial charge in [-0.1, -0.05) is 46.3 Å². The average Bonchev–Trinajstić information content (AvgIpc) is 3.32. The number of benzene rings is 2. The zero-order chi connectivity index (χ0) is 18.6. The standard InChI is InChI=1S/C22H18BrNO3/c23-18-8-9-21-20(12-18)17(15-27-21)11-22(25)24(14-19-7-4-10-26-19)13-16-5-2-1-3-6-16/h1-10,12,15H,11,13-14H2. The number of hydrogen-bond donors (Lipinski definition) is 0. The Bertz CT molecular complexity index is 1040. The lowest BCUT2D eigenvalue weighted by Crippen LogP contribution is -2.31. The van der Waals surface area contributed by atoms with Crippen molar-refractivity contribution in [1.82, 2.24) is 4.90 Å². The van der Waals surface area contributed by atoms with E-state index in [0.717, 1.165) is 32.3 Å². The Morgan fingerprint density at radius 3 is 2.59 bits per heavy atom. The molecule has 4 aromatic rings. The van der Waals surface area contributed by atoms with Gasteiger partial charge in [-0.05, 0) is 35.9 Å². The van der Waals surface area contributed by atoms with Gasteiger partial charge in [-0.2, -0.15) is 0 Å². The first-order valence-corrected chi connectivity index (χ1v) is 9.48. The summed E-state index contributed by atoms with van der Waals surface area (Å²) in [6, 6.07) is 19.5. The number of furan rings is 2. The molecule has 0 aliphatic rings. The van der Waals surface area contributed by atoms with E-state index in [1.807, 2.05) is 65.6 Å². The second kappa shape index (κ2) is 7.84. The lowest BCUT2D eigenvalue weighted by atomic mass is 10.1. The molecule has 2 aromatic carbocycles. The van der Waals surface area contributed by atoms with Gasteiger partial charge in [0.05, 0.1) is 25.5 Å². The van der Waals surface area contributed by atoms with Crippen LogP contribution in [0.3, 0.4) is 0 Å². The van der Waals surface area contributed by atoms with E-state index in [-0.39, 0.29) is 12.3 Å². The maximum atomic E-state index is 13.1. The number of nitrogens with zero attached hydrogens (tertiary/aromatic N) is 1. The quantitative estimate of drug-likeness (QED) is 0.407. The first-order valence-electron chi connectivity index (χ1n) is 8.69. The van der Waals surface area contributed by atoms with E-state index in [4.69, 9.17) is 8.83 Å². The van der Waals surface area contributed by atoms with Crippen molar-refractivity contribution in [1.29, 1.82) is 0 Å². The van der Waals surface area contributed by atoms with Crippen molar-refractivity contribution in [2.24, 2.45) is 0 Å². The van der Waals surface area contributed by atoms with Crippen LogP contribution < -0.4 is 0 Å².